The quantitative estimate of drug-likeness (QED) is 0.536. The van der Waals surface area contributed by atoms with E-state index < -0.39 is 34.3 Å². The van der Waals surface area contributed by atoms with Gasteiger partial charge in [-0.2, -0.15) is 13.2 Å². The molecule has 0 heterocycles. The summed E-state index contributed by atoms with van der Waals surface area (Å²) in [5, 5.41) is 9.35. The van der Waals surface area contributed by atoms with Crippen molar-refractivity contribution in [2.75, 3.05) is 0 Å². The van der Waals surface area contributed by atoms with Gasteiger partial charge in [0.1, 0.15) is 0 Å². The van der Waals surface area contributed by atoms with E-state index in [0.717, 1.165) is 0 Å². The lowest BCUT2D eigenvalue weighted by atomic mass is 9.54. The molecular weight excluding hydrogens is 305 g/mol. The van der Waals surface area contributed by atoms with E-state index in [0.29, 0.717) is 25.7 Å². The maximum absolute atomic E-state index is 13.4. The van der Waals surface area contributed by atoms with Crippen molar-refractivity contribution in [3.63, 3.8) is 0 Å². The third-order valence-corrected chi connectivity index (χ3v) is 6.16. The topological polar surface area (TPSA) is 37.3 Å². The van der Waals surface area contributed by atoms with Gasteiger partial charge in [-0.15, -0.1) is 0 Å². The summed E-state index contributed by atoms with van der Waals surface area (Å²) in [6, 6.07) is 0. The van der Waals surface area contributed by atoms with Crippen LogP contribution in [0.5, 0.6) is 0 Å². The Hall–Kier alpha value is -0.740. The molecule has 0 aromatic rings. The Morgan fingerprint density at radius 3 is 1.65 bits per heavy atom. The van der Waals surface area contributed by atoms with E-state index in [9.17, 15) is 23.1 Å². The highest BCUT2D eigenvalue weighted by molar-refractivity contribution is 5.69. The highest BCUT2D eigenvalue weighted by atomic mass is 19.4. The second-order valence-electron chi connectivity index (χ2n) is 8.03. The number of hydrogen-bond acceptors (Lipinski definition) is 1. The van der Waals surface area contributed by atoms with Crippen LogP contribution < -0.4 is 0 Å². The fraction of sp³-hybridized carbons (Fsp3) is 0.944. The predicted octanol–water partition coefficient (Wildman–Crippen LogP) is 6.30. The summed E-state index contributed by atoms with van der Waals surface area (Å²) >= 11 is 0. The summed E-state index contributed by atoms with van der Waals surface area (Å²) in [5.41, 5.74) is -2.83. The van der Waals surface area contributed by atoms with Crippen molar-refractivity contribution in [3.05, 3.63) is 0 Å². The number of hydrogen-bond donors (Lipinski definition) is 1. The first-order chi connectivity index (χ1) is 10.2. The third kappa shape index (κ3) is 4.87. The average molecular weight is 338 g/mol. The second-order valence-corrected chi connectivity index (χ2v) is 8.03. The first kappa shape index (κ1) is 22.3. The van der Waals surface area contributed by atoms with Gasteiger partial charge in [-0.3, -0.25) is 4.79 Å². The maximum atomic E-state index is 13.4. The van der Waals surface area contributed by atoms with E-state index in [1.807, 2.05) is 34.6 Å². The number of aliphatic carboxylic acids is 1. The molecule has 1 N–H and O–H groups in total. The fourth-order valence-corrected chi connectivity index (χ4v) is 3.61. The molecule has 0 rings (SSSR count). The van der Waals surface area contributed by atoms with Crippen molar-refractivity contribution in [2.24, 2.45) is 22.2 Å². The number of rotatable bonds is 9. The van der Waals surface area contributed by atoms with Crippen LogP contribution in [-0.4, -0.2) is 17.3 Å². The van der Waals surface area contributed by atoms with E-state index in [-0.39, 0.29) is 6.42 Å². The molecule has 0 aliphatic heterocycles. The number of carboxylic acid groups (broad SMARTS) is 1. The standard InChI is InChI=1S/C18H33F3O2/c1-8-13(14(22)23)11-16(6,9-2)17(7,10-3)12-15(4,5)18(19,20)21/h13H,8-12H2,1-7H3,(H,22,23). The molecule has 0 spiro atoms. The van der Waals surface area contributed by atoms with Crippen LogP contribution in [0, 0.1) is 22.2 Å². The van der Waals surface area contributed by atoms with E-state index in [2.05, 4.69) is 0 Å². The molecule has 23 heavy (non-hydrogen) atoms. The van der Waals surface area contributed by atoms with E-state index in [1.165, 1.54) is 13.8 Å². The molecular formula is C18H33F3O2. The first-order valence-corrected chi connectivity index (χ1v) is 8.49. The van der Waals surface area contributed by atoms with Gasteiger partial charge in [0.05, 0.1) is 11.3 Å². The van der Waals surface area contributed by atoms with Crippen molar-refractivity contribution in [3.8, 4) is 0 Å². The lowest BCUT2D eigenvalue weighted by Crippen LogP contribution is -2.45. The Balaban J connectivity index is 5.69. The normalized spacial score (nSPS) is 19.7. The SMILES string of the molecule is CCC(CC(C)(CC)C(C)(CC)CC(C)(C)C(F)(F)F)C(=O)O. The van der Waals surface area contributed by atoms with Crippen LogP contribution in [0.4, 0.5) is 13.2 Å². The van der Waals surface area contributed by atoms with E-state index in [1.54, 1.807) is 0 Å². The zero-order chi connectivity index (χ0) is 18.7. The number of alkyl halides is 3. The average Bonchev–Trinajstić information content (AvgIpc) is 2.42. The molecule has 0 aliphatic carbocycles. The predicted molar refractivity (Wildman–Crippen MR) is 87.3 cm³/mol. The molecule has 0 saturated carbocycles. The zero-order valence-electron chi connectivity index (χ0n) is 15.6. The molecule has 0 aliphatic rings. The Labute approximate surface area is 138 Å². The molecule has 138 valence electrons. The second kappa shape index (κ2) is 7.43. The molecule has 0 aromatic carbocycles. The lowest BCUT2D eigenvalue weighted by molar-refractivity contribution is -0.228. The summed E-state index contributed by atoms with van der Waals surface area (Å²) in [7, 11) is 0. The monoisotopic (exact) mass is 338 g/mol. The van der Waals surface area contributed by atoms with Crippen LogP contribution >= 0.6 is 0 Å². The largest absolute Gasteiger partial charge is 0.481 e. The van der Waals surface area contributed by atoms with Gasteiger partial charge in [-0.25, -0.2) is 0 Å². The first-order valence-electron chi connectivity index (χ1n) is 8.49. The van der Waals surface area contributed by atoms with Gasteiger partial charge in [0.2, 0.25) is 0 Å². The Morgan fingerprint density at radius 1 is 0.957 bits per heavy atom. The van der Waals surface area contributed by atoms with Crippen molar-refractivity contribution >= 4 is 5.97 Å². The molecule has 0 aromatic heterocycles. The van der Waals surface area contributed by atoms with Gasteiger partial charge in [0.25, 0.3) is 0 Å². The minimum absolute atomic E-state index is 0.000390. The van der Waals surface area contributed by atoms with Crippen molar-refractivity contribution < 1.29 is 23.1 Å². The molecule has 0 bridgehead atoms. The summed E-state index contributed by atoms with van der Waals surface area (Å²) in [5.74, 6) is -1.37. The van der Waals surface area contributed by atoms with Gasteiger partial charge in [-0.1, -0.05) is 61.3 Å². The summed E-state index contributed by atoms with van der Waals surface area (Å²) in [6.45, 7) is 12.0. The molecule has 0 fully saturated rings. The Bertz CT molecular complexity index is 404. The smallest absolute Gasteiger partial charge is 0.393 e. The molecule has 0 saturated heterocycles. The molecule has 0 radical (unpaired) electrons. The molecule has 5 heteroatoms. The highest BCUT2D eigenvalue weighted by Gasteiger charge is 2.54. The van der Waals surface area contributed by atoms with Gasteiger partial charge in [-0.05, 0) is 30.1 Å². The van der Waals surface area contributed by atoms with Gasteiger partial charge >= 0.3 is 12.1 Å². The van der Waals surface area contributed by atoms with Gasteiger partial charge < -0.3 is 5.11 Å². The van der Waals surface area contributed by atoms with Crippen LogP contribution in [0.15, 0.2) is 0 Å². The fourth-order valence-electron chi connectivity index (χ4n) is 3.61. The van der Waals surface area contributed by atoms with Crippen LogP contribution in [0.3, 0.4) is 0 Å². The van der Waals surface area contributed by atoms with Gasteiger partial charge in [0.15, 0.2) is 0 Å². The molecule has 0 amide bonds. The molecule has 3 atom stereocenters. The minimum atomic E-state index is -4.27. The summed E-state index contributed by atoms with van der Waals surface area (Å²) in [4.78, 5) is 11.4. The lowest BCUT2D eigenvalue weighted by Gasteiger charge is -2.51. The molecule has 3 unspecified atom stereocenters. The van der Waals surface area contributed by atoms with Crippen LogP contribution in [0.2, 0.25) is 0 Å². The van der Waals surface area contributed by atoms with E-state index >= 15 is 0 Å². The van der Waals surface area contributed by atoms with Crippen LogP contribution in [-0.2, 0) is 4.79 Å². The zero-order valence-corrected chi connectivity index (χ0v) is 15.6. The maximum Gasteiger partial charge on any atom is 0.393 e. The molecule has 2 nitrogen and oxygen atoms in total. The summed E-state index contributed by atoms with van der Waals surface area (Å²) < 4.78 is 40.1. The number of carbonyl (C=O) groups is 1. The Morgan fingerprint density at radius 2 is 1.39 bits per heavy atom. The number of carboxylic acids is 1. The highest BCUT2D eigenvalue weighted by Crippen LogP contribution is 2.57. The van der Waals surface area contributed by atoms with Crippen LogP contribution in [0.25, 0.3) is 0 Å². The summed E-state index contributed by atoms with van der Waals surface area (Å²) in [6.07, 6.45) is -2.11. The van der Waals surface area contributed by atoms with Crippen LogP contribution in [0.1, 0.15) is 80.6 Å². The van der Waals surface area contributed by atoms with Crippen molar-refractivity contribution in [1.29, 1.82) is 0 Å². The van der Waals surface area contributed by atoms with Crippen molar-refractivity contribution in [1.82, 2.24) is 0 Å². The number of halogens is 3. The van der Waals surface area contributed by atoms with E-state index in [4.69, 9.17) is 0 Å². The van der Waals surface area contributed by atoms with Crippen molar-refractivity contribution in [2.45, 2.75) is 86.7 Å². The van der Waals surface area contributed by atoms with Gasteiger partial charge in [0, 0.05) is 0 Å². The third-order valence-electron chi connectivity index (χ3n) is 6.16. The minimum Gasteiger partial charge on any atom is -0.481 e. The Kier molecular flexibility index (Phi) is 7.20.